The molecule has 0 fully saturated rings. The molecule has 0 saturated carbocycles. The van der Waals surface area contributed by atoms with Gasteiger partial charge in [-0.3, -0.25) is 4.79 Å². The summed E-state index contributed by atoms with van der Waals surface area (Å²) in [6.45, 7) is 3.04. The molecular formula is C21H19ClN2O4. The number of hydrogen-bond acceptors (Lipinski definition) is 5. The van der Waals surface area contributed by atoms with Crippen LogP contribution in [0.3, 0.4) is 0 Å². The van der Waals surface area contributed by atoms with Gasteiger partial charge in [0, 0.05) is 10.6 Å². The zero-order valence-electron chi connectivity index (χ0n) is 15.4. The third kappa shape index (κ3) is 4.78. The zero-order valence-corrected chi connectivity index (χ0v) is 16.2. The predicted molar refractivity (Wildman–Crippen MR) is 105 cm³/mol. The average molecular weight is 399 g/mol. The molecule has 1 amide bonds. The Balaban J connectivity index is 1.57. The Hall–Kier alpha value is -3.12. The quantitative estimate of drug-likeness (QED) is 0.625. The maximum Gasteiger partial charge on any atom is 0.361 e. The molecule has 1 N–H and O–H groups in total. The largest absolute Gasteiger partial charge is 0.451 e. The maximum absolute atomic E-state index is 12.3. The van der Waals surface area contributed by atoms with Gasteiger partial charge in [0.05, 0.1) is 6.04 Å². The SMILES string of the molecule is Cc1oc(-c2ccccc2)nc1C(=O)OCC(=O)N[C@@H](C)c1ccc(Cl)cc1. The minimum Gasteiger partial charge on any atom is -0.451 e. The molecule has 7 heteroatoms. The van der Waals surface area contributed by atoms with Crippen molar-refractivity contribution in [1.82, 2.24) is 10.3 Å². The number of nitrogens with zero attached hydrogens (tertiary/aromatic N) is 1. The highest BCUT2D eigenvalue weighted by Gasteiger charge is 2.20. The number of benzene rings is 2. The summed E-state index contributed by atoms with van der Waals surface area (Å²) in [5.41, 5.74) is 1.69. The zero-order chi connectivity index (χ0) is 20.1. The lowest BCUT2D eigenvalue weighted by molar-refractivity contribution is -0.124. The molecule has 144 valence electrons. The second-order valence-electron chi connectivity index (χ2n) is 6.21. The maximum atomic E-state index is 12.3. The van der Waals surface area contributed by atoms with E-state index in [2.05, 4.69) is 10.3 Å². The minimum absolute atomic E-state index is 0.0532. The highest BCUT2D eigenvalue weighted by Crippen LogP contribution is 2.22. The standard InChI is InChI=1S/C21H19ClN2O4/c1-13(15-8-10-17(22)11-9-15)23-18(25)12-27-21(26)19-14(2)28-20(24-19)16-6-4-3-5-7-16/h3-11,13H,12H2,1-2H3,(H,23,25)/t13-/m0/s1. The van der Waals surface area contributed by atoms with Crippen LogP contribution in [-0.4, -0.2) is 23.5 Å². The smallest absolute Gasteiger partial charge is 0.361 e. The van der Waals surface area contributed by atoms with Gasteiger partial charge in [0.25, 0.3) is 5.91 Å². The van der Waals surface area contributed by atoms with Crippen molar-refractivity contribution in [2.75, 3.05) is 6.61 Å². The lowest BCUT2D eigenvalue weighted by atomic mass is 10.1. The first kappa shape index (κ1) is 19.6. The van der Waals surface area contributed by atoms with E-state index in [1.54, 1.807) is 19.1 Å². The van der Waals surface area contributed by atoms with Crippen molar-refractivity contribution in [1.29, 1.82) is 0 Å². The van der Waals surface area contributed by atoms with Crippen LogP contribution in [0.1, 0.15) is 34.8 Å². The average Bonchev–Trinajstić information content (AvgIpc) is 3.09. The van der Waals surface area contributed by atoms with E-state index in [0.29, 0.717) is 16.7 Å². The van der Waals surface area contributed by atoms with Gasteiger partial charge in [0.15, 0.2) is 12.3 Å². The first-order valence-corrected chi connectivity index (χ1v) is 9.06. The van der Waals surface area contributed by atoms with Crippen LogP contribution in [-0.2, 0) is 9.53 Å². The van der Waals surface area contributed by atoms with Crippen molar-refractivity contribution in [3.05, 3.63) is 76.6 Å². The van der Waals surface area contributed by atoms with E-state index in [-0.39, 0.29) is 11.7 Å². The monoisotopic (exact) mass is 398 g/mol. The molecule has 3 aromatic rings. The number of ether oxygens (including phenoxy) is 1. The van der Waals surface area contributed by atoms with Crippen molar-refractivity contribution in [3.8, 4) is 11.5 Å². The molecule has 0 unspecified atom stereocenters. The van der Waals surface area contributed by atoms with Gasteiger partial charge in [-0.05, 0) is 43.7 Å². The van der Waals surface area contributed by atoms with Gasteiger partial charge >= 0.3 is 5.97 Å². The second-order valence-corrected chi connectivity index (χ2v) is 6.64. The summed E-state index contributed by atoms with van der Waals surface area (Å²) in [5.74, 6) is -0.470. The van der Waals surface area contributed by atoms with E-state index in [9.17, 15) is 9.59 Å². The molecule has 6 nitrogen and oxygen atoms in total. The van der Waals surface area contributed by atoms with Gasteiger partial charge < -0.3 is 14.5 Å². The first-order valence-electron chi connectivity index (χ1n) is 8.69. The number of carbonyl (C=O) groups excluding carboxylic acids is 2. The highest BCUT2D eigenvalue weighted by molar-refractivity contribution is 6.30. The fraction of sp³-hybridized carbons (Fsp3) is 0.190. The first-order chi connectivity index (χ1) is 13.4. The fourth-order valence-corrected chi connectivity index (χ4v) is 2.73. The number of nitrogens with one attached hydrogen (secondary N) is 1. The van der Waals surface area contributed by atoms with Gasteiger partial charge in [-0.2, -0.15) is 0 Å². The van der Waals surface area contributed by atoms with Crippen molar-refractivity contribution in [2.45, 2.75) is 19.9 Å². The Morgan fingerprint density at radius 2 is 1.82 bits per heavy atom. The molecule has 0 aliphatic heterocycles. The van der Waals surface area contributed by atoms with Gasteiger partial charge in [0.2, 0.25) is 5.89 Å². The van der Waals surface area contributed by atoms with Gasteiger partial charge in [-0.25, -0.2) is 9.78 Å². The molecule has 0 spiro atoms. The van der Waals surface area contributed by atoms with E-state index in [0.717, 1.165) is 11.1 Å². The Kier molecular flexibility index (Phi) is 6.11. The third-order valence-corrected chi connectivity index (χ3v) is 4.34. The summed E-state index contributed by atoms with van der Waals surface area (Å²) in [7, 11) is 0. The van der Waals surface area contributed by atoms with Crippen LogP contribution < -0.4 is 5.32 Å². The van der Waals surface area contributed by atoms with Crippen molar-refractivity contribution in [3.63, 3.8) is 0 Å². The lowest BCUT2D eigenvalue weighted by Crippen LogP contribution is -2.31. The lowest BCUT2D eigenvalue weighted by Gasteiger charge is -2.14. The molecule has 1 heterocycles. The number of halogens is 1. The summed E-state index contributed by atoms with van der Waals surface area (Å²) in [5, 5.41) is 3.38. The molecule has 1 atom stereocenters. The number of rotatable bonds is 6. The van der Waals surface area contributed by atoms with E-state index in [1.165, 1.54) is 0 Å². The highest BCUT2D eigenvalue weighted by atomic mass is 35.5. The van der Waals surface area contributed by atoms with Gasteiger partial charge in [0.1, 0.15) is 5.76 Å². The summed E-state index contributed by atoms with van der Waals surface area (Å²) in [6.07, 6.45) is 0. The molecular weight excluding hydrogens is 380 g/mol. The summed E-state index contributed by atoms with van der Waals surface area (Å²) >= 11 is 5.86. The normalized spacial score (nSPS) is 11.7. The molecule has 0 radical (unpaired) electrons. The Morgan fingerprint density at radius 3 is 2.50 bits per heavy atom. The second kappa shape index (κ2) is 8.71. The Bertz CT molecular complexity index is 968. The van der Waals surface area contributed by atoms with E-state index >= 15 is 0 Å². The number of esters is 1. The van der Waals surface area contributed by atoms with Gasteiger partial charge in [-0.1, -0.05) is 41.9 Å². The van der Waals surface area contributed by atoms with Gasteiger partial charge in [-0.15, -0.1) is 0 Å². The molecule has 0 saturated heterocycles. The molecule has 28 heavy (non-hydrogen) atoms. The molecule has 0 aliphatic rings. The number of amides is 1. The van der Waals surface area contributed by atoms with Crippen LogP contribution >= 0.6 is 11.6 Å². The predicted octanol–water partition coefficient (Wildman–Crippen LogP) is 4.34. The number of oxazole rings is 1. The molecule has 3 rings (SSSR count). The Labute approximate surface area is 167 Å². The van der Waals surface area contributed by atoms with Crippen molar-refractivity contribution in [2.24, 2.45) is 0 Å². The topological polar surface area (TPSA) is 81.4 Å². The Morgan fingerprint density at radius 1 is 1.14 bits per heavy atom. The van der Waals surface area contributed by atoms with Crippen LogP contribution in [0.15, 0.2) is 59.0 Å². The number of carbonyl (C=O) groups is 2. The van der Waals surface area contributed by atoms with Crippen LogP contribution in [0.25, 0.3) is 11.5 Å². The van der Waals surface area contributed by atoms with Crippen molar-refractivity contribution < 1.29 is 18.7 Å². The van der Waals surface area contributed by atoms with E-state index in [4.69, 9.17) is 20.8 Å². The minimum atomic E-state index is -0.710. The number of aryl methyl sites for hydroxylation is 1. The molecule has 0 bridgehead atoms. The molecule has 1 aromatic heterocycles. The van der Waals surface area contributed by atoms with Crippen LogP contribution in [0.2, 0.25) is 5.02 Å². The number of aromatic nitrogens is 1. The van der Waals surface area contributed by atoms with Crippen LogP contribution in [0.4, 0.5) is 0 Å². The summed E-state index contributed by atoms with van der Waals surface area (Å²) in [4.78, 5) is 28.5. The van der Waals surface area contributed by atoms with Crippen LogP contribution in [0, 0.1) is 6.92 Å². The molecule has 0 aliphatic carbocycles. The van der Waals surface area contributed by atoms with Crippen molar-refractivity contribution >= 4 is 23.5 Å². The number of hydrogen-bond donors (Lipinski definition) is 1. The summed E-state index contributed by atoms with van der Waals surface area (Å²) < 4.78 is 10.6. The van der Waals surface area contributed by atoms with Crippen LogP contribution in [0.5, 0.6) is 0 Å². The fourth-order valence-electron chi connectivity index (χ4n) is 2.61. The van der Waals surface area contributed by atoms with E-state index < -0.39 is 18.5 Å². The summed E-state index contributed by atoms with van der Waals surface area (Å²) in [6, 6.07) is 16.1. The molecule has 2 aromatic carbocycles. The third-order valence-electron chi connectivity index (χ3n) is 4.09. The van der Waals surface area contributed by atoms with E-state index in [1.807, 2.05) is 49.4 Å².